The van der Waals surface area contributed by atoms with Gasteiger partial charge in [-0.05, 0) is 60.9 Å². The third-order valence-electron chi connectivity index (χ3n) is 4.37. The van der Waals surface area contributed by atoms with Crippen molar-refractivity contribution in [3.63, 3.8) is 0 Å². The Morgan fingerprint density at radius 2 is 1.81 bits per heavy atom. The van der Waals surface area contributed by atoms with Crippen molar-refractivity contribution in [3.8, 4) is 0 Å². The summed E-state index contributed by atoms with van der Waals surface area (Å²) in [5.74, 6) is -0.377. The number of fused-ring (bicyclic) bond motifs is 1. The second-order valence-electron chi connectivity index (χ2n) is 5.80. The molecule has 0 spiro atoms. The molecule has 0 amide bonds. The molecule has 0 aromatic heterocycles. The van der Waals surface area contributed by atoms with Crippen LogP contribution in [-0.2, 0) is 12.8 Å². The Morgan fingerprint density at radius 3 is 2.57 bits per heavy atom. The van der Waals surface area contributed by atoms with Crippen LogP contribution in [0.5, 0.6) is 0 Å². The van der Waals surface area contributed by atoms with E-state index in [0.29, 0.717) is 11.1 Å². The summed E-state index contributed by atoms with van der Waals surface area (Å²) in [6.45, 7) is 1.59. The van der Waals surface area contributed by atoms with Gasteiger partial charge in [0.1, 0.15) is 11.6 Å². The van der Waals surface area contributed by atoms with E-state index in [2.05, 4.69) is 34.1 Å². The number of halogens is 3. The van der Waals surface area contributed by atoms with E-state index in [9.17, 15) is 8.78 Å². The summed E-state index contributed by atoms with van der Waals surface area (Å²) in [6, 6.07) is 11.0. The lowest BCUT2D eigenvalue weighted by Gasteiger charge is -2.29. The number of hydrogen-bond donors (Lipinski definition) is 0. The van der Waals surface area contributed by atoms with Gasteiger partial charge in [-0.3, -0.25) is 0 Å². The van der Waals surface area contributed by atoms with Gasteiger partial charge in [-0.1, -0.05) is 40.2 Å². The topological polar surface area (TPSA) is 0 Å². The van der Waals surface area contributed by atoms with E-state index in [1.165, 1.54) is 23.3 Å². The quantitative estimate of drug-likeness (QED) is 0.626. The molecule has 0 N–H and O–H groups in total. The van der Waals surface area contributed by atoms with Crippen LogP contribution in [-0.4, -0.2) is 0 Å². The predicted molar refractivity (Wildman–Crippen MR) is 84.7 cm³/mol. The maximum Gasteiger partial charge on any atom is 0.128 e. The van der Waals surface area contributed by atoms with E-state index in [1.807, 2.05) is 6.07 Å². The highest BCUT2D eigenvalue weighted by molar-refractivity contribution is 9.09. The number of alkyl halides is 1. The van der Waals surface area contributed by atoms with Gasteiger partial charge in [0.2, 0.25) is 0 Å². The first kappa shape index (κ1) is 14.7. The van der Waals surface area contributed by atoms with Gasteiger partial charge in [-0.15, -0.1) is 0 Å². The van der Waals surface area contributed by atoms with E-state index in [-0.39, 0.29) is 22.4 Å². The Hall–Kier alpha value is -1.22. The Morgan fingerprint density at radius 1 is 1.10 bits per heavy atom. The molecule has 3 heteroatoms. The Kier molecular flexibility index (Phi) is 4.12. The molecule has 110 valence electrons. The third kappa shape index (κ3) is 2.89. The minimum Gasteiger partial charge on any atom is -0.207 e. The predicted octanol–water partition coefficient (Wildman–Crippen LogP) is 5.51. The smallest absolute Gasteiger partial charge is 0.128 e. The van der Waals surface area contributed by atoms with Gasteiger partial charge in [0, 0.05) is 10.4 Å². The normalized spacial score (nSPS) is 19.1. The van der Waals surface area contributed by atoms with Gasteiger partial charge in [0.05, 0.1) is 0 Å². The molecule has 3 rings (SSSR count). The standard InChI is InChI=1S/C18H17BrF2/c1-11-8-17(21)15(10-16(11)20)18(19)14-7-6-12-4-2-3-5-13(12)9-14/h2-5,8,10,14,18H,6-7,9H2,1H3. The van der Waals surface area contributed by atoms with Gasteiger partial charge in [0.25, 0.3) is 0 Å². The molecule has 0 heterocycles. The first-order valence-corrected chi connectivity index (χ1v) is 8.14. The van der Waals surface area contributed by atoms with Crippen LogP contribution in [0.2, 0.25) is 0 Å². The molecule has 1 aliphatic carbocycles. The maximum absolute atomic E-state index is 14.1. The lowest BCUT2D eigenvalue weighted by atomic mass is 9.80. The largest absolute Gasteiger partial charge is 0.207 e. The molecule has 0 saturated carbocycles. The van der Waals surface area contributed by atoms with Crippen LogP contribution in [0.1, 0.15) is 33.5 Å². The van der Waals surface area contributed by atoms with Gasteiger partial charge in [-0.2, -0.15) is 0 Å². The molecule has 0 aliphatic heterocycles. The summed E-state index contributed by atoms with van der Waals surface area (Å²) in [7, 11) is 0. The zero-order valence-corrected chi connectivity index (χ0v) is 13.5. The van der Waals surface area contributed by atoms with Crippen molar-refractivity contribution in [1.82, 2.24) is 0 Å². The van der Waals surface area contributed by atoms with Crippen molar-refractivity contribution in [2.75, 3.05) is 0 Å². The average Bonchev–Trinajstić information content (AvgIpc) is 2.50. The Labute approximate surface area is 132 Å². The first-order valence-electron chi connectivity index (χ1n) is 7.22. The van der Waals surface area contributed by atoms with Crippen LogP contribution in [0.3, 0.4) is 0 Å². The zero-order chi connectivity index (χ0) is 15.0. The van der Waals surface area contributed by atoms with Crippen LogP contribution >= 0.6 is 15.9 Å². The molecule has 0 radical (unpaired) electrons. The highest BCUT2D eigenvalue weighted by Crippen LogP contribution is 2.40. The molecule has 0 bridgehead atoms. The van der Waals surface area contributed by atoms with Crippen LogP contribution in [0.25, 0.3) is 0 Å². The molecular weight excluding hydrogens is 334 g/mol. The summed E-state index contributed by atoms with van der Waals surface area (Å²) in [6.07, 6.45) is 2.89. The monoisotopic (exact) mass is 350 g/mol. The minimum absolute atomic E-state index is 0.152. The van der Waals surface area contributed by atoms with Gasteiger partial charge >= 0.3 is 0 Å². The summed E-state index contributed by atoms with van der Waals surface area (Å²) in [5, 5.41) is 0. The lowest BCUT2D eigenvalue weighted by Crippen LogP contribution is -2.19. The molecule has 2 aromatic rings. The van der Waals surface area contributed by atoms with Crippen LogP contribution in [0, 0.1) is 24.5 Å². The molecule has 0 fully saturated rings. The highest BCUT2D eigenvalue weighted by Gasteiger charge is 2.27. The van der Waals surface area contributed by atoms with Crippen LogP contribution < -0.4 is 0 Å². The maximum atomic E-state index is 14.1. The average molecular weight is 351 g/mol. The fourth-order valence-electron chi connectivity index (χ4n) is 3.10. The molecule has 0 saturated heterocycles. The van der Waals surface area contributed by atoms with Crippen molar-refractivity contribution in [3.05, 3.63) is 70.3 Å². The number of aryl methyl sites for hydroxylation is 2. The van der Waals surface area contributed by atoms with E-state index < -0.39 is 0 Å². The van der Waals surface area contributed by atoms with Gasteiger partial charge in [-0.25, -0.2) is 8.78 Å². The van der Waals surface area contributed by atoms with Gasteiger partial charge < -0.3 is 0 Å². The lowest BCUT2D eigenvalue weighted by molar-refractivity contribution is 0.441. The van der Waals surface area contributed by atoms with Gasteiger partial charge in [0.15, 0.2) is 0 Å². The van der Waals surface area contributed by atoms with Crippen molar-refractivity contribution in [1.29, 1.82) is 0 Å². The second-order valence-corrected chi connectivity index (χ2v) is 6.78. The molecule has 21 heavy (non-hydrogen) atoms. The summed E-state index contributed by atoms with van der Waals surface area (Å²) >= 11 is 3.60. The fraction of sp³-hybridized carbons (Fsp3) is 0.333. The van der Waals surface area contributed by atoms with E-state index in [0.717, 1.165) is 19.3 Å². The summed E-state index contributed by atoms with van der Waals surface area (Å²) in [5.41, 5.74) is 3.49. The SMILES string of the molecule is Cc1cc(F)c(C(Br)C2CCc3ccccc3C2)cc1F. The molecule has 2 aromatic carbocycles. The number of hydrogen-bond acceptors (Lipinski definition) is 0. The summed E-state index contributed by atoms with van der Waals surface area (Å²) < 4.78 is 27.9. The minimum atomic E-state index is -0.341. The zero-order valence-electron chi connectivity index (χ0n) is 11.9. The van der Waals surface area contributed by atoms with E-state index in [1.54, 1.807) is 6.92 Å². The molecule has 2 atom stereocenters. The van der Waals surface area contributed by atoms with E-state index in [4.69, 9.17) is 0 Å². The van der Waals surface area contributed by atoms with Crippen molar-refractivity contribution >= 4 is 15.9 Å². The van der Waals surface area contributed by atoms with Crippen molar-refractivity contribution in [2.24, 2.45) is 5.92 Å². The second kappa shape index (κ2) is 5.88. The van der Waals surface area contributed by atoms with Crippen molar-refractivity contribution in [2.45, 2.75) is 31.0 Å². The molecular formula is C18H17BrF2. The first-order chi connectivity index (χ1) is 10.1. The third-order valence-corrected chi connectivity index (χ3v) is 5.61. The summed E-state index contributed by atoms with van der Waals surface area (Å²) in [4.78, 5) is -0.152. The number of rotatable bonds is 2. The van der Waals surface area contributed by atoms with E-state index >= 15 is 0 Å². The molecule has 0 nitrogen and oxygen atoms in total. The van der Waals surface area contributed by atoms with Crippen LogP contribution in [0.4, 0.5) is 8.78 Å². The van der Waals surface area contributed by atoms with Crippen molar-refractivity contribution < 1.29 is 8.78 Å². The fourth-order valence-corrected chi connectivity index (χ4v) is 3.90. The highest BCUT2D eigenvalue weighted by atomic mass is 79.9. The molecule has 2 unspecified atom stereocenters. The number of benzene rings is 2. The molecule has 1 aliphatic rings. The van der Waals surface area contributed by atoms with Crippen LogP contribution in [0.15, 0.2) is 36.4 Å². The Bertz CT molecular complexity index is 666. The Balaban J connectivity index is 1.87.